The number of aromatic nitrogens is 1. The van der Waals surface area contributed by atoms with E-state index in [0.29, 0.717) is 11.6 Å². The van der Waals surface area contributed by atoms with Gasteiger partial charge in [0.25, 0.3) is 5.91 Å². The highest BCUT2D eigenvalue weighted by Gasteiger charge is 2.10. The van der Waals surface area contributed by atoms with E-state index in [1.165, 1.54) is 11.3 Å². The zero-order valence-electron chi connectivity index (χ0n) is 8.70. The Bertz CT molecular complexity index is 290. The molecule has 0 aromatic carbocycles. The lowest BCUT2D eigenvalue weighted by atomic mass is 10.0. The van der Waals surface area contributed by atoms with Crippen LogP contribution in [0.3, 0.4) is 0 Å². The molecule has 84 valence electrons. The second kappa shape index (κ2) is 6.95. The number of hydrogen-bond donors (Lipinski definition) is 1. The van der Waals surface area contributed by atoms with Gasteiger partial charge in [-0.25, -0.2) is 4.98 Å². The minimum Gasteiger partial charge on any atom is -0.350 e. The highest BCUT2D eigenvalue weighted by atomic mass is 79.9. The van der Waals surface area contributed by atoms with Crippen LogP contribution in [0.25, 0.3) is 0 Å². The molecule has 5 heteroatoms. The first-order valence-electron chi connectivity index (χ1n) is 5.00. The van der Waals surface area contributed by atoms with E-state index < -0.39 is 0 Å². The number of rotatable bonds is 6. The smallest absolute Gasteiger partial charge is 0.270 e. The molecular formula is C10H15BrN2OS. The molecule has 1 atom stereocenters. The summed E-state index contributed by atoms with van der Waals surface area (Å²) in [7, 11) is 0. The van der Waals surface area contributed by atoms with Gasteiger partial charge in [-0.2, -0.15) is 0 Å². The van der Waals surface area contributed by atoms with Crippen molar-refractivity contribution >= 4 is 33.2 Å². The molecule has 3 nitrogen and oxygen atoms in total. The van der Waals surface area contributed by atoms with Crippen molar-refractivity contribution in [2.75, 3.05) is 11.9 Å². The highest BCUT2D eigenvalue weighted by molar-refractivity contribution is 9.09. The van der Waals surface area contributed by atoms with E-state index >= 15 is 0 Å². The maximum absolute atomic E-state index is 11.6. The summed E-state index contributed by atoms with van der Waals surface area (Å²) in [5, 5.41) is 5.65. The molecule has 1 heterocycles. The Morgan fingerprint density at radius 1 is 1.73 bits per heavy atom. The van der Waals surface area contributed by atoms with Crippen molar-refractivity contribution in [2.24, 2.45) is 5.92 Å². The van der Waals surface area contributed by atoms with Gasteiger partial charge in [-0.3, -0.25) is 4.79 Å². The van der Waals surface area contributed by atoms with E-state index in [0.717, 1.165) is 24.7 Å². The van der Waals surface area contributed by atoms with E-state index in [9.17, 15) is 4.79 Å². The largest absolute Gasteiger partial charge is 0.350 e. The fourth-order valence-electron chi connectivity index (χ4n) is 1.26. The lowest BCUT2D eigenvalue weighted by Gasteiger charge is -2.13. The quantitative estimate of drug-likeness (QED) is 0.819. The summed E-state index contributed by atoms with van der Waals surface area (Å²) < 4.78 is 0. The lowest BCUT2D eigenvalue weighted by molar-refractivity contribution is 0.0942. The normalized spacial score (nSPS) is 12.4. The first kappa shape index (κ1) is 12.6. The van der Waals surface area contributed by atoms with Crippen LogP contribution in [0.15, 0.2) is 10.9 Å². The molecule has 1 amide bonds. The maximum atomic E-state index is 11.6. The van der Waals surface area contributed by atoms with Crippen molar-refractivity contribution in [3.8, 4) is 0 Å². The second-order valence-corrected chi connectivity index (χ2v) is 4.85. The van der Waals surface area contributed by atoms with Crippen LogP contribution < -0.4 is 5.32 Å². The third-order valence-corrected chi connectivity index (χ3v) is 3.36. The topological polar surface area (TPSA) is 42.0 Å². The van der Waals surface area contributed by atoms with Gasteiger partial charge in [-0.1, -0.05) is 29.3 Å². The lowest BCUT2D eigenvalue weighted by Crippen LogP contribution is -2.29. The summed E-state index contributed by atoms with van der Waals surface area (Å²) in [6.07, 6.45) is 2.18. The van der Waals surface area contributed by atoms with Crippen molar-refractivity contribution in [3.05, 3.63) is 16.6 Å². The van der Waals surface area contributed by atoms with Crippen molar-refractivity contribution in [2.45, 2.75) is 19.8 Å². The van der Waals surface area contributed by atoms with E-state index in [1.54, 1.807) is 10.9 Å². The van der Waals surface area contributed by atoms with Crippen LogP contribution in [0.2, 0.25) is 0 Å². The van der Waals surface area contributed by atoms with Crippen LogP contribution in [0.1, 0.15) is 30.3 Å². The van der Waals surface area contributed by atoms with Gasteiger partial charge in [0.05, 0.1) is 5.51 Å². The zero-order valence-corrected chi connectivity index (χ0v) is 11.1. The minimum atomic E-state index is -0.0655. The summed E-state index contributed by atoms with van der Waals surface area (Å²) in [5.74, 6) is 0.483. The van der Waals surface area contributed by atoms with Gasteiger partial charge in [0.15, 0.2) is 0 Å². The van der Waals surface area contributed by atoms with Crippen LogP contribution in [0.5, 0.6) is 0 Å². The molecule has 15 heavy (non-hydrogen) atoms. The number of halogens is 1. The number of alkyl halides is 1. The first-order chi connectivity index (χ1) is 7.27. The molecule has 0 radical (unpaired) electrons. The molecule has 1 unspecified atom stereocenters. The number of carbonyl (C=O) groups is 1. The Kier molecular flexibility index (Phi) is 5.86. The number of amides is 1. The summed E-state index contributed by atoms with van der Waals surface area (Å²) in [6.45, 7) is 2.88. The fourth-order valence-corrected chi connectivity index (χ4v) is 2.44. The van der Waals surface area contributed by atoms with Gasteiger partial charge in [0.1, 0.15) is 5.69 Å². The molecule has 1 aromatic heterocycles. The van der Waals surface area contributed by atoms with Gasteiger partial charge < -0.3 is 5.32 Å². The molecule has 0 saturated heterocycles. The average Bonchev–Trinajstić information content (AvgIpc) is 2.77. The Morgan fingerprint density at radius 3 is 3.07 bits per heavy atom. The molecular weight excluding hydrogens is 276 g/mol. The summed E-state index contributed by atoms with van der Waals surface area (Å²) >= 11 is 4.85. The standard InChI is InChI=1S/C10H15BrN2OS/c1-2-8(3-4-11)5-12-10(14)9-6-15-7-13-9/h6-8H,2-5H2,1H3,(H,12,14). The van der Waals surface area contributed by atoms with Gasteiger partial charge >= 0.3 is 0 Å². The van der Waals surface area contributed by atoms with E-state index in [-0.39, 0.29) is 5.91 Å². The van der Waals surface area contributed by atoms with Crippen LogP contribution in [-0.4, -0.2) is 22.8 Å². The Labute approximate surface area is 102 Å². The van der Waals surface area contributed by atoms with E-state index in [2.05, 4.69) is 33.2 Å². The SMILES string of the molecule is CCC(CCBr)CNC(=O)c1cscn1. The number of nitrogens with one attached hydrogen (secondary N) is 1. The molecule has 0 aliphatic carbocycles. The van der Waals surface area contributed by atoms with E-state index in [4.69, 9.17) is 0 Å². The highest BCUT2D eigenvalue weighted by Crippen LogP contribution is 2.09. The van der Waals surface area contributed by atoms with Crippen molar-refractivity contribution in [3.63, 3.8) is 0 Å². The van der Waals surface area contributed by atoms with Crippen molar-refractivity contribution in [1.82, 2.24) is 10.3 Å². The van der Waals surface area contributed by atoms with Gasteiger partial charge in [0, 0.05) is 17.3 Å². The Balaban J connectivity index is 2.33. The Hall–Kier alpha value is -0.420. The molecule has 1 N–H and O–H groups in total. The van der Waals surface area contributed by atoms with Gasteiger partial charge in [-0.05, 0) is 12.3 Å². The van der Waals surface area contributed by atoms with Gasteiger partial charge in [0.2, 0.25) is 0 Å². The number of carbonyl (C=O) groups excluding carboxylic acids is 1. The van der Waals surface area contributed by atoms with Crippen LogP contribution in [-0.2, 0) is 0 Å². The molecule has 0 aliphatic heterocycles. The third kappa shape index (κ3) is 4.30. The predicted octanol–water partition coefficient (Wildman–Crippen LogP) is 2.68. The molecule has 0 fully saturated rings. The van der Waals surface area contributed by atoms with Gasteiger partial charge in [-0.15, -0.1) is 11.3 Å². The molecule has 0 bridgehead atoms. The molecule has 0 saturated carbocycles. The molecule has 1 rings (SSSR count). The van der Waals surface area contributed by atoms with Crippen LogP contribution in [0, 0.1) is 5.92 Å². The second-order valence-electron chi connectivity index (χ2n) is 3.34. The van der Waals surface area contributed by atoms with E-state index in [1.807, 2.05) is 0 Å². The third-order valence-electron chi connectivity index (χ3n) is 2.31. The van der Waals surface area contributed by atoms with Crippen LogP contribution >= 0.6 is 27.3 Å². The number of thiazole rings is 1. The minimum absolute atomic E-state index is 0.0655. The molecule has 1 aromatic rings. The predicted molar refractivity (Wildman–Crippen MR) is 66.6 cm³/mol. The monoisotopic (exact) mass is 290 g/mol. The first-order valence-corrected chi connectivity index (χ1v) is 7.06. The summed E-state index contributed by atoms with van der Waals surface area (Å²) in [5.41, 5.74) is 2.19. The average molecular weight is 291 g/mol. The zero-order chi connectivity index (χ0) is 11.1. The summed E-state index contributed by atoms with van der Waals surface area (Å²) in [6, 6.07) is 0. The molecule has 0 spiro atoms. The van der Waals surface area contributed by atoms with Crippen molar-refractivity contribution < 1.29 is 4.79 Å². The maximum Gasteiger partial charge on any atom is 0.270 e. The number of hydrogen-bond acceptors (Lipinski definition) is 3. The number of nitrogens with zero attached hydrogens (tertiary/aromatic N) is 1. The fraction of sp³-hybridized carbons (Fsp3) is 0.600. The molecule has 0 aliphatic rings. The summed E-state index contributed by atoms with van der Waals surface area (Å²) in [4.78, 5) is 15.5. The Morgan fingerprint density at radius 2 is 2.53 bits per heavy atom. The van der Waals surface area contributed by atoms with Crippen LogP contribution in [0.4, 0.5) is 0 Å². The van der Waals surface area contributed by atoms with Crippen molar-refractivity contribution in [1.29, 1.82) is 0 Å².